The van der Waals surface area contributed by atoms with Crippen molar-refractivity contribution in [1.29, 1.82) is 0 Å². The van der Waals surface area contributed by atoms with Gasteiger partial charge in [0.1, 0.15) is 11.6 Å². The van der Waals surface area contributed by atoms with E-state index in [1.807, 2.05) is 0 Å². The zero-order valence-corrected chi connectivity index (χ0v) is 22.8. The molecule has 2 N–H and O–H groups in total. The molecule has 11 nitrogen and oxygen atoms in total. The van der Waals surface area contributed by atoms with Gasteiger partial charge in [0.15, 0.2) is 17.3 Å². The Balaban J connectivity index is 1.34. The first-order valence-electron chi connectivity index (χ1n) is 13.0. The maximum atomic E-state index is 13.6. The minimum Gasteiger partial charge on any atom is -0.468 e. The van der Waals surface area contributed by atoms with Gasteiger partial charge in [0, 0.05) is 50.8 Å². The number of nitrogens with zero attached hydrogens (tertiary/aromatic N) is 6. The molecule has 3 fully saturated rings. The molecule has 2 aromatic heterocycles. The van der Waals surface area contributed by atoms with Gasteiger partial charge >= 0.3 is 5.97 Å². The summed E-state index contributed by atoms with van der Waals surface area (Å²) in [5.74, 6) is -2.00. The predicted octanol–water partition coefficient (Wildman–Crippen LogP) is 3.68. The molecule has 1 aliphatic carbocycles. The summed E-state index contributed by atoms with van der Waals surface area (Å²) in [7, 11) is 1.32. The summed E-state index contributed by atoms with van der Waals surface area (Å²) in [5.41, 5.74) is 1.19. The third-order valence-electron chi connectivity index (χ3n) is 7.51. The summed E-state index contributed by atoms with van der Waals surface area (Å²) >= 11 is 1.12. The summed E-state index contributed by atoms with van der Waals surface area (Å²) in [6, 6.07) is 1.63. The Morgan fingerprint density at radius 2 is 1.69 bits per heavy atom. The molecular formula is C25H32F2N8O3S. The molecule has 14 heteroatoms. The van der Waals surface area contributed by atoms with Crippen molar-refractivity contribution < 1.29 is 23.1 Å². The van der Waals surface area contributed by atoms with E-state index in [-0.39, 0.29) is 49.2 Å². The second-order valence-corrected chi connectivity index (χ2v) is 11.2. The van der Waals surface area contributed by atoms with E-state index in [2.05, 4.69) is 39.6 Å². The molecule has 2 saturated heterocycles. The van der Waals surface area contributed by atoms with Gasteiger partial charge in [0.05, 0.1) is 13.3 Å². The van der Waals surface area contributed by atoms with Crippen molar-refractivity contribution in [1.82, 2.24) is 19.9 Å². The van der Waals surface area contributed by atoms with Gasteiger partial charge in [-0.05, 0) is 50.0 Å². The minimum absolute atomic E-state index is 0.0893. The molecule has 0 radical (unpaired) electrons. The van der Waals surface area contributed by atoms with Gasteiger partial charge in [-0.1, -0.05) is 0 Å². The van der Waals surface area contributed by atoms with Crippen LogP contribution in [0.2, 0.25) is 0 Å². The highest BCUT2D eigenvalue weighted by atomic mass is 32.2. The quantitative estimate of drug-likeness (QED) is 0.362. The molecule has 1 saturated carbocycles. The lowest BCUT2D eigenvalue weighted by Gasteiger charge is -2.33. The predicted molar refractivity (Wildman–Crippen MR) is 144 cm³/mol. The molecule has 5 rings (SSSR count). The monoisotopic (exact) mass is 562 g/mol. The fraction of sp³-hybridized carbons (Fsp3) is 0.600. The maximum Gasteiger partial charge on any atom is 0.317 e. The van der Waals surface area contributed by atoms with Crippen LogP contribution in [0.15, 0.2) is 12.3 Å². The van der Waals surface area contributed by atoms with Crippen molar-refractivity contribution in [2.24, 2.45) is 5.41 Å². The number of carbonyl (C=O) groups is 2. The molecule has 0 unspecified atom stereocenters. The Kier molecular flexibility index (Phi) is 7.74. The smallest absolute Gasteiger partial charge is 0.317 e. The van der Waals surface area contributed by atoms with Crippen molar-refractivity contribution in [3.8, 4) is 0 Å². The Morgan fingerprint density at radius 3 is 2.36 bits per heavy atom. The molecule has 39 heavy (non-hydrogen) atoms. The van der Waals surface area contributed by atoms with Crippen LogP contribution in [0.25, 0.3) is 0 Å². The summed E-state index contributed by atoms with van der Waals surface area (Å²) in [5, 5.41) is 2.81. The SMILES string of the molecule is COC(=O)CSNc1cnc(C(=O)Nc2cc(C)nc(N3CCC(F)(F)CC3)n2)c(N2CCC3(CC2)CC3)n1. The highest BCUT2D eigenvalue weighted by Gasteiger charge is 2.45. The van der Waals surface area contributed by atoms with Crippen molar-refractivity contribution >= 4 is 47.2 Å². The number of anilines is 4. The zero-order valence-electron chi connectivity index (χ0n) is 22.0. The van der Waals surface area contributed by atoms with E-state index in [0.717, 1.165) is 37.9 Å². The minimum atomic E-state index is -2.68. The summed E-state index contributed by atoms with van der Waals surface area (Å²) in [6.45, 7) is 3.57. The Hall–Kier alpha value is -3.29. The number of amides is 1. The topological polar surface area (TPSA) is 125 Å². The van der Waals surface area contributed by atoms with Crippen molar-refractivity contribution in [3.63, 3.8) is 0 Å². The molecule has 4 heterocycles. The third kappa shape index (κ3) is 6.65. The van der Waals surface area contributed by atoms with E-state index in [9.17, 15) is 18.4 Å². The van der Waals surface area contributed by atoms with Crippen LogP contribution in [0.3, 0.4) is 0 Å². The number of aryl methyl sites for hydroxylation is 1. The molecule has 1 spiro atoms. The first kappa shape index (κ1) is 27.3. The van der Waals surface area contributed by atoms with E-state index in [1.54, 1.807) is 17.9 Å². The molecule has 3 aliphatic rings. The number of piperidine rings is 2. The standard InChI is InChI=1S/C25H32F2N8O3S/c1-16-13-17(32-23(29-16)35-11-7-25(26,27)8-12-35)31-22(37)20-21(34-9-5-24(3-4-24)6-10-34)30-18(14-28-20)33-39-15-19(36)38-2/h13-14H,3-12,15H2,1-2H3,(H,30,33)(H,29,31,32,37). The fourth-order valence-electron chi connectivity index (χ4n) is 4.87. The average molecular weight is 563 g/mol. The number of halogens is 2. The van der Waals surface area contributed by atoms with E-state index in [0.29, 0.717) is 28.7 Å². The zero-order chi connectivity index (χ0) is 27.6. The van der Waals surface area contributed by atoms with Crippen LogP contribution in [0.5, 0.6) is 0 Å². The molecular weight excluding hydrogens is 530 g/mol. The maximum absolute atomic E-state index is 13.6. The van der Waals surface area contributed by atoms with E-state index in [4.69, 9.17) is 0 Å². The number of nitrogens with one attached hydrogen (secondary N) is 2. The summed E-state index contributed by atoms with van der Waals surface area (Å²) in [6.07, 6.45) is 5.48. The Morgan fingerprint density at radius 1 is 1.00 bits per heavy atom. The van der Waals surface area contributed by atoms with Crippen LogP contribution in [0.4, 0.5) is 32.2 Å². The van der Waals surface area contributed by atoms with Crippen LogP contribution in [-0.2, 0) is 9.53 Å². The molecule has 210 valence electrons. The normalized spacial score (nSPS) is 19.5. The van der Waals surface area contributed by atoms with Crippen LogP contribution in [0, 0.1) is 12.3 Å². The third-order valence-corrected chi connectivity index (χ3v) is 8.24. The van der Waals surface area contributed by atoms with Crippen molar-refractivity contribution in [2.75, 3.05) is 58.9 Å². The lowest BCUT2D eigenvalue weighted by molar-refractivity contribution is -0.137. The molecule has 1 amide bonds. The number of methoxy groups -OCH3 is 1. The van der Waals surface area contributed by atoms with Gasteiger partial charge in [-0.15, -0.1) is 0 Å². The highest BCUT2D eigenvalue weighted by molar-refractivity contribution is 8.01. The molecule has 2 aromatic rings. The number of esters is 1. The van der Waals surface area contributed by atoms with Crippen LogP contribution >= 0.6 is 11.9 Å². The Bertz CT molecular complexity index is 1230. The molecule has 0 bridgehead atoms. The van der Waals surface area contributed by atoms with Crippen molar-refractivity contribution in [3.05, 3.63) is 23.7 Å². The van der Waals surface area contributed by atoms with E-state index in [1.165, 1.54) is 26.1 Å². The first-order chi connectivity index (χ1) is 18.7. The summed E-state index contributed by atoms with van der Waals surface area (Å²) in [4.78, 5) is 46.6. The van der Waals surface area contributed by atoms with Crippen LogP contribution in [-0.4, -0.2) is 76.8 Å². The number of hydrogen-bond donors (Lipinski definition) is 2. The molecule has 0 atom stereocenters. The van der Waals surface area contributed by atoms with Crippen LogP contribution < -0.4 is 19.8 Å². The van der Waals surface area contributed by atoms with Gasteiger partial charge in [0.25, 0.3) is 11.8 Å². The lowest BCUT2D eigenvalue weighted by Crippen LogP contribution is -2.40. The number of rotatable bonds is 8. The fourth-order valence-corrected chi connectivity index (χ4v) is 5.43. The average Bonchev–Trinajstić information content (AvgIpc) is 3.67. The van der Waals surface area contributed by atoms with Gasteiger partial charge < -0.3 is 24.6 Å². The lowest BCUT2D eigenvalue weighted by atomic mass is 9.93. The molecule has 2 aliphatic heterocycles. The Labute approximate surface area is 229 Å². The first-order valence-corrected chi connectivity index (χ1v) is 14.0. The van der Waals surface area contributed by atoms with E-state index < -0.39 is 11.8 Å². The number of ether oxygens (including phenoxy) is 1. The number of hydrogen-bond acceptors (Lipinski definition) is 11. The second kappa shape index (κ2) is 11.1. The highest BCUT2D eigenvalue weighted by Crippen LogP contribution is 2.54. The van der Waals surface area contributed by atoms with Crippen molar-refractivity contribution in [2.45, 2.75) is 51.4 Å². The largest absolute Gasteiger partial charge is 0.468 e. The van der Waals surface area contributed by atoms with Gasteiger partial charge in [-0.25, -0.2) is 23.7 Å². The summed E-state index contributed by atoms with van der Waals surface area (Å²) < 4.78 is 34.9. The van der Waals surface area contributed by atoms with Gasteiger partial charge in [-0.2, -0.15) is 4.98 Å². The van der Waals surface area contributed by atoms with E-state index >= 15 is 0 Å². The number of aromatic nitrogens is 4. The second-order valence-electron chi connectivity index (χ2n) is 10.4. The number of alkyl halides is 2. The number of carbonyl (C=O) groups excluding carboxylic acids is 2. The molecule has 0 aromatic carbocycles. The van der Waals surface area contributed by atoms with Crippen LogP contribution in [0.1, 0.15) is 54.7 Å². The van der Waals surface area contributed by atoms with Gasteiger partial charge in [0.2, 0.25) is 5.95 Å². The van der Waals surface area contributed by atoms with Gasteiger partial charge in [-0.3, -0.25) is 9.59 Å².